The van der Waals surface area contributed by atoms with Gasteiger partial charge in [0, 0.05) is 47.6 Å². The number of hydrogen-bond acceptors (Lipinski definition) is 3. The van der Waals surface area contributed by atoms with Crippen molar-refractivity contribution < 1.29 is 0 Å². The van der Waals surface area contributed by atoms with Crippen molar-refractivity contribution in [3.8, 4) is 34.1 Å². The maximum atomic E-state index is 9.77. The molecule has 0 N–H and O–H groups in total. The van der Waals surface area contributed by atoms with Gasteiger partial charge in [0.05, 0.1) is 33.9 Å². The molecule has 0 radical (unpaired) electrons. The second-order valence-electron chi connectivity index (χ2n) is 11.1. The average Bonchev–Trinajstić information content (AvgIpc) is 3.63. The van der Waals surface area contributed by atoms with E-state index in [9.17, 15) is 5.26 Å². The maximum absolute atomic E-state index is 9.77. The minimum absolute atomic E-state index is 0.638. The first-order valence-corrected chi connectivity index (χ1v) is 15.4. The fraction of sp³-hybridized carbons (Fsp3) is 0. The quantitative estimate of drug-likeness (QED) is 0.210. The zero-order valence-corrected chi connectivity index (χ0v) is 24.3. The Hall–Kier alpha value is -5.76. The number of pyridine rings is 1. The molecule has 44 heavy (non-hydrogen) atoms. The molecule has 0 atom stereocenters. The van der Waals surface area contributed by atoms with Gasteiger partial charge in [-0.15, -0.1) is 11.3 Å². The van der Waals surface area contributed by atoms with Crippen LogP contribution >= 0.6 is 11.3 Å². The van der Waals surface area contributed by atoms with Crippen LogP contribution in [-0.2, 0) is 0 Å². The van der Waals surface area contributed by atoms with Crippen LogP contribution in [0.5, 0.6) is 0 Å². The van der Waals surface area contributed by atoms with Crippen molar-refractivity contribution in [2.24, 2.45) is 0 Å². The van der Waals surface area contributed by atoms with Crippen LogP contribution in [0.25, 0.3) is 81.0 Å². The summed E-state index contributed by atoms with van der Waals surface area (Å²) in [6.07, 6.45) is 0. The number of fused-ring (bicyclic) bond motifs is 7. The minimum Gasteiger partial charge on any atom is -0.309 e. The van der Waals surface area contributed by atoms with Crippen LogP contribution in [0.3, 0.4) is 0 Å². The monoisotopic (exact) mass is 577 g/mol. The maximum Gasteiger partial charge on any atom is 0.0999 e. The average molecular weight is 578 g/mol. The van der Waals surface area contributed by atoms with E-state index in [1.165, 1.54) is 53.1 Å². The highest BCUT2D eigenvalue weighted by Crippen LogP contribution is 2.39. The highest BCUT2D eigenvalue weighted by atomic mass is 32.1. The molecule has 0 bridgehead atoms. The number of para-hydroxylation sites is 2. The lowest BCUT2D eigenvalue weighted by molar-refractivity contribution is 1.18. The summed E-state index contributed by atoms with van der Waals surface area (Å²) >= 11 is 1.85. The van der Waals surface area contributed by atoms with E-state index in [1.54, 1.807) is 0 Å². The van der Waals surface area contributed by atoms with Crippen LogP contribution in [0.1, 0.15) is 5.56 Å². The molecule has 0 saturated heterocycles. The molecule has 3 heterocycles. The van der Waals surface area contributed by atoms with E-state index >= 15 is 0 Å². The molecule has 9 rings (SSSR count). The van der Waals surface area contributed by atoms with Gasteiger partial charge in [-0.2, -0.15) is 5.26 Å². The highest BCUT2D eigenvalue weighted by molar-refractivity contribution is 7.25. The van der Waals surface area contributed by atoms with Crippen molar-refractivity contribution in [1.82, 2.24) is 9.55 Å². The van der Waals surface area contributed by atoms with E-state index in [4.69, 9.17) is 4.98 Å². The summed E-state index contributed by atoms with van der Waals surface area (Å²) in [7, 11) is 0. The molecule has 0 aliphatic heterocycles. The second-order valence-corrected chi connectivity index (χ2v) is 12.2. The number of hydrogen-bond donors (Lipinski definition) is 0. The predicted molar refractivity (Wildman–Crippen MR) is 185 cm³/mol. The highest BCUT2D eigenvalue weighted by Gasteiger charge is 2.15. The summed E-state index contributed by atoms with van der Waals surface area (Å²) in [4.78, 5) is 4.86. The summed E-state index contributed by atoms with van der Waals surface area (Å²) in [5, 5.41) is 15.7. The number of rotatable bonds is 3. The van der Waals surface area contributed by atoms with Crippen LogP contribution in [0.15, 0.2) is 140 Å². The molecule has 204 valence electrons. The largest absolute Gasteiger partial charge is 0.309 e. The van der Waals surface area contributed by atoms with Crippen LogP contribution in [-0.4, -0.2) is 9.55 Å². The Bertz CT molecular complexity index is 2620. The minimum atomic E-state index is 0.638. The summed E-state index contributed by atoms with van der Waals surface area (Å²) < 4.78 is 4.98. The first-order valence-electron chi connectivity index (χ1n) is 14.6. The van der Waals surface area contributed by atoms with E-state index in [2.05, 4.69) is 120 Å². The van der Waals surface area contributed by atoms with Crippen molar-refractivity contribution in [3.05, 3.63) is 145 Å². The first-order chi connectivity index (χ1) is 21.7. The Labute approximate surface area is 257 Å². The van der Waals surface area contributed by atoms with Gasteiger partial charge in [0.1, 0.15) is 0 Å². The topological polar surface area (TPSA) is 41.6 Å². The Kier molecular flexibility index (Phi) is 5.43. The lowest BCUT2D eigenvalue weighted by Gasteiger charge is -2.10. The molecule has 0 saturated carbocycles. The Balaban J connectivity index is 1.17. The van der Waals surface area contributed by atoms with Crippen LogP contribution in [0.2, 0.25) is 0 Å². The van der Waals surface area contributed by atoms with Gasteiger partial charge in [0.25, 0.3) is 0 Å². The molecule has 3 nitrogen and oxygen atoms in total. The van der Waals surface area contributed by atoms with E-state index in [0.717, 1.165) is 27.8 Å². The van der Waals surface area contributed by atoms with Crippen molar-refractivity contribution in [1.29, 1.82) is 5.26 Å². The molecule has 9 aromatic rings. The van der Waals surface area contributed by atoms with Gasteiger partial charge in [0.15, 0.2) is 0 Å². The van der Waals surface area contributed by atoms with E-state index in [0.29, 0.717) is 5.56 Å². The first kappa shape index (κ1) is 24.8. The molecule has 0 unspecified atom stereocenters. The Morgan fingerprint density at radius 1 is 0.523 bits per heavy atom. The van der Waals surface area contributed by atoms with Crippen molar-refractivity contribution in [2.75, 3.05) is 0 Å². The zero-order valence-electron chi connectivity index (χ0n) is 23.5. The molecule has 0 fully saturated rings. The summed E-state index contributed by atoms with van der Waals surface area (Å²) in [6.45, 7) is 0. The lowest BCUT2D eigenvalue weighted by atomic mass is 10.0. The van der Waals surface area contributed by atoms with Crippen LogP contribution in [0, 0.1) is 11.3 Å². The third-order valence-electron chi connectivity index (χ3n) is 8.64. The third-order valence-corrected chi connectivity index (χ3v) is 9.79. The summed E-state index contributed by atoms with van der Waals surface area (Å²) in [5.41, 5.74) is 9.11. The van der Waals surface area contributed by atoms with Gasteiger partial charge in [-0.25, -0.2) is 4.98 Å². The van der Waals surface area contributed by atoms with Crippen LogP contribution in [0.4, 0.5) is 0 Å². The molecule has 3 aromatic heterocycles. The summed E-state index contributed by atoms with van der Waals surface area (Å²) in [6, 6.07) is 51.5. The van der Waals surface area contributed by atoms with Gasteiger partial charge in [-0.1, -0.05) is 78.9 Å². The van der Waals surface area contributed by atoms with Gasteiger partial charge in [-0.05, 0) is 71.8 Å². The molecule has 0 spiro atoms. The van der Waals surface area contributed by atoms with Crippen molar-refractivity contribution >= 4 is 64.2 Å². The molecule has 4 heteroatoms. The molecule has 6 aromatic carbocycles. The number of benzene rings is 6. The zero-order chi connectivity index (χ0) is 29.2. The SMILES string of the molecule is N#Cc1cc(-c2ccc(-n3c4ccccc4c4cc(-c5ccc6sc7ccccc7c6c5)ccc43)cc2)nc2ccccc12. The molecular weight excluding hydrogens is 555 g/mol. The molecule has 0 amide bonds. The van der Waals surface area contributed by atoms with E-state index in [-0.39, 0.29) is 0 Å². The van der Waals surface area contributed by atoms with E-state index in [1.807, 2.05) is 41.7 Å². The Morgan fingerprint density at radius 3 is 2.00 bits per heavy atom. The summed E-state index contributed by atoms with van der Waals surface area (Å²) in [5.74, 6) is 0. The van der Waals surface area contributed by atoms with Crippen LogP contribution < -0.4 is 0 Å². The van der Waals surface area contributed by atoms with Gasteiger partial charge < -0.3 is 4.57 Å². The Morgan fingerprint density at radius 2 is 1.16 bits per heavy atom. The number of thiophene rings is 1. The molecule has 0 aliphatic carbocycles. The number of nitriles is 1. The smallest absolute Gasteiger partial charge is 0.0999 e. The van der Waals surface area contributed by atoms with E-state index < -0.39 is 0 Å². The molecule has 0 aliphatic rings. The number of aromatic nitrogens is 2. The fourth-order valence-corrected chi connectivity index (χ4v) is 7.62. The second kappa shape index (κ2) is 9.64. The molecular formula is C40H23N3S. The van der Waals surface area contributed by atoms with Crippen molar-refractivity contribution in [3.63, 3.8) is 0 Å². The normalized spacial score (nSPS) is 11.6. The van der Waals surface area contributed by atoms with Gasteiger partial charge in [0.2, 0.25) is 0 Å². The predicted octanol–water partition coefficient (Wildman–Crippen LogP) is 10.9. The standard InChI is InChI=1S/C40H23N3S/c41-24-28-23-36(42-35-10-4-1-7-30(28)35)25-13-17-29(18-14-25)43-37-11-5-2-8-31(37)33-21-26(15-19-38(33)43)27-16-20-40-34(22-27)32-9-3-6-12-39(32)44-40/h1-23H. The number of nitrogens with zero attached hydrogens (tertiary/aromatic N) is 3. The van der Waals surface area contributed by atoms with Gasteiger partial charge in [-0.3, -0.25) is 0 Å². The van der Waals surface area contributed by atoms with Crippen molar-refractivity contribution in [2.45, 2.75) is 0 Å². The van der Waals surface area contributed by atoms with Gasteiger partial charge >= 0.3 is 0 Å². The fourth-order valence-electron chi connectivity index (χ4n) is 6.53. The third kappa shape index (κ3) is 3.77. The lowest BCUT2D eigenvalue weighted by Crippen LogP contribution is -1.94.